The number of aromatic amines is 1. The van der Waals surface area contributed by atoms with Gasteiger partial charge in [0.2, 0.25) is 5.91 Å². The van der Waals surface area contributed by atoms with Gasteiger partial charge in [0.05, 0.1) is 13.2 Å². The molecular formula is C24H30N4O2. The summed E-state index contributed by atoms with van der Waals surface area (Å²) in [7, 11) is 0. The number of para-hydroxylation sites is 1. The van der Waals surface area contributed by atoms with E-state index in [2.05, 4.69) is 27.0 Å². The van der Waals surface area contributed by atoms with E-state index in [1.807, 2.05) is 35.4 Å². The third-order valence-corrected chi connectivity index (χ3v) is 5.76. The molecule has 0 radical (unpaired) electrons. The highest BCUT2D eigenvalue weighted by atomic mass is 16.5. The van der Waals surface area contributed by atoms with Crippen molar-refractivity contribution in [2.24, 2.45) is 0 Å². The monoisotopic (exact) mass is 406 g/mol. The number of aromatic nitrogens is 2. The predicted octanol–water partition coefficient (Wildman–Crippen LogP) is 3.25. The van der Waals surface area contributed by atoms with Crippen molar-refractivity contribution in [3.8, 4) is 0 Å². The highest BCUT2D eigenvalue weighted by Crippen LogP contribution is 2.19. The fourth-order valence-corrected chi connectivity index (χ4v) is 4.05. The minimum Gasteiger partial charge on any atom is -0.379 e. The molecule has 0 spiro atoms. The number of amides is 1. The molecule has 1 fully saturated rings. The van der Waals surface area contributed by atoms with Crippen LogP contribution in [0.3, 0.4) is 0 Å². The molecule has 1 amide bonds. The van der Waals surface area contributed by atoms with Crippen molar-refractivity contribution in [3.63, 3.8) is 0 Å². The molecular weight excluding hydrogens is 376 g/mol. The summed E-state index contributed by atoms with van der Waals surface area (Å²) in [6.45, 7) is 6.00. The molecule has 6 nitrogen and oxygen atoms in total. The van der Waals surface area contributed by atoms with Crippen LogP contribution in [0.4, 0.5) is 0 Å². The zero-order valence-corrected chi connectivity index (χ0v) is 17.4. The first-order valence-corrected chi connectivity index (χ1v) is 10.8. The predicted molar refractivity (Wildman–Crippen MR) is 118 cm³/mol. The van der Waals surface area contributed by atoms with Crippen molar-refractivity contribution >= 4 is 16.8 Å². The standard InChI is InChI=1S/C24H30N4O2/c29-24(7-6-21-18-26-23-5-2-1-4-22(21)23)28(19-20-8-10-25-11-9-20)13-3-12-27-14-16-30-17-15-27/h1-2,4-5,8-11,18,26H,3,6-7,12-17,19H2. The van der Waals surface area contributed by atoms with Gasteiger partial charge in [0.25, 0.3) is 0 Å². The molecule has 1 N–H and O–H groups in total. The molecule has 0 unspecified atom stereocenters. The fourth-order valence-electron chi connectivity index (χ4n) is 4.05. The minimum absolute atomic E-state index is 0.207. The second-order valence-electron chi connectivity index (χ2n) is 7.84. The Morgan fingerprint density at radius 1 is 1.13 bits per heavy atom. The maximum atomic E-state index is 13.1. The maximum Gasteiger partial charge on any atom is 0.223 e. The lowest BCUT2D eigenvalue weighted by Gasteiger charge is -2.28. The number of pyridine rings is 1. The highest BCUT2D eigenvalue weighted by molar-refractivity contribution is 5.84. The van der Waals surface area contributed by atoms with Crippen molar-refractivity contribution < 1.29 is 9.53 Å². The molecule has 0 saturated carbocycles. The van der Waals surface area contributed by atoms with Gasteiger partial charge in [-0.25, -0.2) is 0 Å². The molecule has 2 aromatic heterocycles. The Morgan fingerprint density at radius 2 is 1.93 bits per heavy atom. The first-order valence-electron chi connectivity index (χ1n) is 10.8. The van der Waals surface area contributed by atoms with Crippen LogP contribution in [-0.4, -0.2) is 65.1 Å². The fraction of sp³-hybridized carbons (Fsp3) is 0.417. The average molecular weight is 407 g/mol. The lowest BCUT2D eigenvalue weighted by molar-refractivity contribution is -0.131. The van der Waals surface area contributed by atoms with E-state index in [0.717, 1.165) is 63.3 Å². The Bertz CT molecular complexity index is 935. The number of nitrogens with zero attached hydrogens (tertiary/aromatic N) is 3. The number of fused-ring (bicyclic) bond motifs is 1. The van der Waals surface area contributed by atoms with Crippen LogP contribution in [0.1, 0.15) is 24.0 Å². The van der Waals surface area contributed by atoms with E-state index in [0.29, 0.717) is 13.0 Å². The second-order valence-corrected chi connectivity index (χ2v) is 7.84. The normalized spacial score (nSPS) is 14.8. The summed E-state index contributed by atoms with van der Waals surface area (Å²) in [5.74, 6) is 0.207. The van der Waals surface area contributed by atoms with Gasteiger partial charge < -0.3 is 14.6 Å². The molecule has 0 bridgehead atoms. The van der Waals surface area contributed by atoms with Crippen LogP contribution in [-0.2, 0) is 22.5 Å². The lowest BCUT2D eigenvalue weighted by Crippen LogP contribution is -2.39. The van der Waals surface area contributed by atoms with Crippen LogP contribution < -0.4 is 0 Å². The minimum atomic E-state index is 0.207. The van der Waals surface area contributed by atoms with Gasteiger partial charge in [-0.1, -0.05) is 18.2 Å². The van der Waals surface area contributed by atoms with Crippen LogP contribution in [0.2, 0.25) is 0 Å². The van der Waals surface area contributed by atoms with Crippen LogP contribution in [0, 0.1) is 0 Å². The Kier molecular flexibility index (Phi) is 7.11. The Labute approximate surface area is 177 Å². The molecule has 4 rings (SSSR count). The van der Waals surface area contributed by atoms with Gasteiger partial charge in [0, 0.05) is 68.6 Å². The number of hydrogen-bond donors (Lipinski definition) is 1. The number of carbonyl (C=O) groups is 1. The van der Waals surface area contributed by atoms with E-state index in [4.69, 9.17) is 4.74 Å². The third-order valence-electron chi connectivity index (χ3n) is 5.76. The molecule has 30 heavy (non-hydrogen) atoms. The number of hydrogen-bond acceptors (Lipinski definition) is 4. The number of nitrogens with one attached hydrogen (secondary N) is 1. The van der Waals surface area contributed by atoms with Crippen molar-refractivity contribution in [1.82, 2.24) is 19.8 Å². The average Bonchev–Trinajstić information content (AvgIpc) is 3.21. The van der Waals surface area contributed by atoms with Gasteiger partial charge in [-0.2, -0.15) is 0 Å². The summed E-state index contributed by atoms with van der Waals surface area (Å²) < 4.78 is 5.43. The van der Waals surface area contributed by atoms with E-state index >= 15 is 0 Å². The number of morpholine rings is 1. The zero-order chi connectivity index (χ0) is 20.6. The lowest BCUT2D eigenvalue weighted by atomic mass is 10.1. The Balaban J connectivity index is 1.36. The van der Waals surface area contributed by atoms with E-state index in [1.165, 1.54) is 10.9 Å². The molecule has 0 aliphatic carbocycles. The van der Waals surface area contributed by atoms with Gasteiger partial charge in [0.15, 0.2) is 0 Å². The number of rotatable bonds is 9. The molecule has 1 saturated heterocycles. The van der Waals surface area contributed by atoms with Crippen molar-refractivity contribution in [2.45, 2.75) is 25.8 Å². The summed E-state index contributed by atoms with van der Waals surface area (Å²) in [5, 5.41) is 1.21. The van der Waals surface area contributed by atoms with Crippen LogP contribution in [0.15, 0.2) is 55.0 Å². The van der Waals surface area contributed by atoms with Crippen molar-refractivity contribution in [3.05, 3.63) is 66.1 Å². The van der Waals surface area contributed by atoms with Crippen molar-refractivity contribution in [1.29, 1.82) is 0 Å². The zero-order valence-electron chi connectivity index (χ0n) is 17.4. The number of benzene rings is 1. The highest BCUT2D eigenvalue weighted by Gasteiger charge is 2.16. The summed E-state index contributed by atoms with van der Waals surface area (Å²) in [6, 6.07) is 12.2. The maximum absolute atomic E-state index is 13.1. The summed E-state index contributed by atoms with van der Waals surface area (Å²) >= 11 is 0. The third kappa shape index (κ3) is 5.46. The molecule has 1 aliphatic heterocycles. The van der Waals surface area contributed by atoms with Crippen LogP contribution in [0.25, 0.3) is 10.9 Å². The number of ether oxygens (including phenoxy) is 1. The number of H-pyrrole nitrogens is 1. The molecule has 6 heteroatoms. The van der Waals surface area contributed by atoms with Gasteiger partial charge in [0.1, 0.15) is 0 Å². The molecule has 158 valence electrons. The Morgan fingerprint density at radius 3 is 2.77 bits per heavy atom. The molecule has 0 atom stereocenters. The topological polar surface area (TPSA) is 61.5 Å². The number of aryl methyl sites for hydroxylation is 1. The van der Waals surface area contributed by atoms with Crippen molar-refractivity contribution in [2.75, 3.05) is 39.4 Å². The van der Waals surface area contributed by atoms with Gasteiger partial charge in [-0.05, 0) is 42.2 Å². The molecule has 1 aliphatic rings. The van der Waals surface area contributed by atoms with E-state index in [9.17, 15) is 4.79 Å². The second kappa shape index (κ2) is 10.4. The molecule has 3 heterocycles. The van der Waals surface area contributed by atoms with Crippen LogP contribution >= 0.6 is 0 Å². The largest absolute Gasteiger partial charge is 0.379 e. The summed E-state index contributed by atoms with van der Waals surface area (Å²) in [5.41, 5.74) is 3.45. The smallest absolute Gasteiger partial charge is 0.223 e. The van der Waals surface area contributed by atoms with E-state index in [1.54, 1.807) is 12.4 Å². The first-order chi connectivity index (χ1) is 14.8. The van der Waals surface area contributed by atoms with Gasteiger partial charge in [-0.15, -0.1) is 0 Å². The summed E-state index contributed by atoms with van der Waals surface area (Å²) in [4.78, 5) is 25.0. The number of carbonyl (C=O) groups excluding carboxylic acids is 1. The quantitative estimate of drug-likeness (QED) is 0.593. The van der Waals surface area contributed by atoms with E-state index in [-0.39, 0.29) is 5.91 Å². The SMILES string of the molecule is O=C(CCc1c[nH]c2ccccc12)N(CCCN1CCOCC1)Cc1ccncc1. The van der Waals surface area contributed by atoms with Crippen LogP contribution in [0.5, 0.6) is 0 Å². The van der Waals surface area contributed by atoms with Gasteiger partial charge in [-0.3, -0.25) is 14.7 Å². The first kappa shape index (κ1) is 20.6. The molecule has 3 aromatic rings. The van der Waals surface area contributed by atoms with Gasteiger partial charge >= 0.3 is 0 Å². The Hall–Kier alpha value is -2.70. The van der Waals surface area contributed by atoms with E-state index < -0.39 is 0 Å². The molecule has 1 aromatic carbocycles. The summed E-state index contributed by atoms with van der Waals surface area (Å²) in [6.07, 6.45) is 7.85.